The van der Waals surface area contributed by atoms with E-state index >= 15 is 0 Å². The van der Waals surface area contributed by atoms with Gasteiger partial charge in [-0.2, -0.15) is 0 Å². The Morgan fingerprint density at radius 3 is 2.78 bits per heavy atom. The lowest BCUT2D eigenvalue weighted by atomic mass is 10.1. The van der Waals surface area contributed by atoms with E-state index in [1.807, 2.05) is 6.92 Å². The summed E-state index contributed by atoms with van der Waals surface area (Å²) in [5.74, 6) is 1.02. The minimum absolute atomic E-state index is 0.524. The van der Waals surface area contributed by atoms with E-state index < -0.39 is 0 Å². The van der Waals surface area contributed by atoms with Gasteiger partial charge in [-0.1, -0.05) is 11.6 Å². The third kappa shape index (κ3) is 1.97. The molecule has 2 aliphatic rings. The molecule has 5 heteroatoms. The monoisotopic (exact) mass is 266 g/mol. The summed E-state index contributed by atoms with van der Waals surface area (Å²) >= 11 is 6.01. The molecule has 1 aromatic rings. The molecule has 0 aliphatic carbocycles. The molecule has 2 aliphatic heterocycles. The quantitative estimate of drug-likeness (QED) is 0.779. The lowest BCUT2D eigenvalue weighted by molar-refractivity contribution is 0.230. The Kier molecular flexibility index (Phi) is 3.16. The molecule has 4 nitrogen and oxygen atoms in total. The van der Waals surface area contributed by atoms with Gasteiger partial charge in [0.25, 0.3) is 0 Å². The van der Waals surface area contributed by atoms with Gasteiger partial charge < -0.3 is 4.90 Å². The van der Waals surface area contributed by atoms with Crippen molar-refractivity contribution in [3.8, 4) is 0 Å². The first-order valence-corrected chi connectivity index (χ1v) is 7.03. The summed E-state index contributed by atoms with van der Waals surface area (Å²) in [6.45, 7) is 8.65. The lowest BCUT2D eigenvalue weighted by Crippen LogP contribution is -2.50. The minimum atomic E-state index is 0.524. The van der Waals surface area contributed by atoms with Crippen molar-refractivity contribution in [2.45, 2.75) is 32.7 Å². The van der Waals surface area contributed by atoms with Crippen molar-refractivity contribution in [3.63, 3.8) is 0 Å². The van der Waals surface area contributed by atoms with Crippen molar-refractivity contribution in [2.24, 2.45) is 0 Å². The molecule has 2 saturated heterocycles. The molecule has 0 saturated carbocycles. The van der Waals surface area contributed by atoms with Gasteiger partial charge >= 0.3 is 0 Å². The Labute approximate surface area is 113 Å². The van der Waals surface area contributed by atoms with Crippen LogP contribution in [-0.4, -0.2) is 47.3 Å². The molecule has 0 aromatic carbocycles. The second kappa shape index (κ2) is 4.67. The van der Waals surface area contributed by atoms with Crippen molar-refractivity contribution < 1.29 is 0 Å². The summed E-state index contributed by atoms with van der Waals surface area (Å²) in [5, 5.41) is 8.89. The molecule has 0 N–H and O–H groups in total. The van der Waals surface area contributed by atoms with Gasteiger partial charge in [-0.05, 0) is 44.4 Å². The molecule has 0 amide bonds. The number of halogens is 1. The summed E-state index contributed by atoms with van der Waals surface area (Å²) in [7, 11) is 0. The summed E-state index contributed by atoms with van der Waals surface area (Å²) in [6.07, 6.45) is 2.65. The van der Waals surface area contributed by atoms with E-state index in [4.69, 9.17) is 11.6 Å². The Bertz CT molecular complexity index is 463. The van der Waals surface area contributed by atoms with Gasteiger partial charge in [0.1, 0.15) is 0 Å². The smallest absolute Gasteiger partial charge is 0.155 e. The summed E-state index contributed by atoms with van der Waals surface area (Å²) in [5.41, 5.74) is 2.22. The van der Waals surface area contributed by atoms with Crippen molar-refractivity contribution in [2.75, 3.05) is 31.1 Å². The summed E-state index contributed by atoms with van der Waals surface area (Å²) < 4.78 is 0. The van der Waals surface area contributed by atoms with Gasteiger partial charge in [0.15, 0.2) is 11.0 Å². The third-order valence-corrected chi connectivity index (χ3v) is 4.69. The molecule has 3 rings (SSSR count). The maximum atomic E-state index is 6.01. The predicted molar refractivity (Wildman–Crippen MR) is 73.3 cm³/mol. The molecule has 0 bridgehead atoms. The highest BCUT2D eigenvalue weighted by atomic mass is 35.5. The topological polar surface area (TPSA) is 32.3 Å². The first-order valence-electron chi connectivity index (χ1n) is 6.65. The number of hydrogen-bond acceptors (Lipinski definition) is 4. The van der Waals surface area contributed by atoms with Crippen LogP contribution in [0.15, 0.2) is 0 Å². The van der Waals surface area contributed by atoms with E-state index in [9.17, 15) is 0 Å². The number of fused-ring (bicyclic) bond motifs is 1. The molecule has 2 fully saturated rings. The standard InChI is InChI=1S/C13H19ClN4/c1-9-10(2)13(16-15-12(9)14)18-7-6-17-5-3-4-11(17)8-18/h11H,3-8H2,1-2H3. The van der Waals surface area contributed by atoms with Crippen molar-refractivity contribution in [1.29, 1.82) is 0 Å². The van der Waals surface area contributed by atoms with E-state index in [0.29, 0.717) is 11.2 Å². The molecular formula is C13H19ClN4. The number of piperazine rings is 1. The van der Waals surface area contributed by atoms with E-state index in [1.165, 1.54) is 24.9 Å². The van der Waals surface area contributed by atoms with Gasteiger partial charge in [-0.3, -0.25) is 4.90 Å². The number of anilines is 1. The molecule has 1 aromatic heterocycles. The molecular weight excluding hydrogens is 248 g/mol. The molecule has 98 valence electrons. The van der Waals surface area contributed by atoms with E-state index in [0.717, 1.165) is 31.0 Å². The van der Waals surface area contributed by atoms with Gasteiger partial charge in [0.05, 0.1) is 0 Å². The fraction of sp³-hybridized carbons (Fsp3) is 0.692. The molecule has 1 unspecified atom stereocenters. The zero-order chi connectivity index (χ0) is 12.7. The summed E-state index contributed by atoms with van der Waals surface area (Å²) in [4.78, 5) is 4.97. The normalized spacial score (nSPS) is 24.4. The minimum Gasteiger partial charge on any atom is -0.352 e. The second-order valence-corrected chi connectivity index (χ2v) is 5.70. The van der Waals surface area contributed by atoms with Gasteiger partial charge in [0, 0.05) is 25.7 Å². The molecule has 0 radical (unpaired) electrons. The Morgan fingerprint density at radius 1 is 1.11 bits per heavy atom. The average Bonchev–Trinajstić information content (AvgIpc) is 2.83. The zero-order valence-electron chi connectivity index (χ0n) is 11.0. The fourth-order valence-electron chi connectivity index (χ4n) is 3.05. The molecule has 1 atom stereocenters. The first-order chi connectivity index (χ1) is 8.66. The van der Waals surface area contributed by atoms with Crippen LogP contribution in [0, 0.1) is 13.8 Å². The maximum Gasteiger partial charge on any atom is 0.155 e. The third-order valence-electron chi connectivity index (χ3n) is 4.33. The lowest BCUT2D eigenvalue weighted by Gasteiger charge is -2.38. The highest BCUT2D eigenvalue weighted by Crippen LogP contribution is 2.28. The van der Waals surface area contributed by atoms with Crippen LogP contribution < -0.4 is 4.90 Å². The van der Waals surface area contributed by atoms with Crippen LogP contribution in [0.5, 0.6) is 0 Å². The highest BCUT2D eigenvalue weighted by Gasteiger charge is 2.31. The Hall–Kier alpha value is -0.870. The zero-order valence-corrected chi connectivity index (χ0v) is 11.7. The van der Waals surface area contributed by atoms with Crippen LogP contribution in [0.2, 0.25) is 5.15 Å². The van der Waals surface area contributed by atoms with Crippen LogP contribution in [-0.2, 0) is 0 Å². The number of hydrogen-bond donors (Lipinski definition) is 0. The van der Waals surface area contributed by atoms with Gasteiger partial charge in [-0.15, -0.1) is 10.2 Å². The number of nitrogens with zero attached hydrogens (tertiary/aromatic N) is 4. The number of aromatic nitrogens is 2. The first kappa shape index (κ1) is 12.2. The second-order valence-electron chi connectivity index (χ2n) is 5.34. The molecule has 3 heterocycles. The number of rotatable bonds is 1. The van der Waals surface area contributed by atoms with Crippen LogP contribution in [0.1, 0.15) is 24.0 Å². The Balaban J connectivity index is 1.85. The van der Waals surface area contributed by atoms with Crippen molar-refractivity contribution >= 4 is 17.4 Å². The van der Waals surface area contributed by atoms with Crippen molar-refractivity contribution in [1.82, 2.24) is 15.1 Å². The van der Waals surface area contributed by atoms with E-state index in [1.54, 1.807) is 0 Å². The van der Waals surface area contributed by atoms with Crippen LogP contribution in [0.4, 0.5) is 5.82 Å². The van der Waals surface area contributed by atoms with Crippen molar-refractivity contribution in [3.05, 3.63) is 16.3 Å². The highest BCUT2D eigenvalue weighted by molar-refractivity contribution is 6.30. The maximum absolute atomic E-state index is 6.01. The molecule has 0 spiro atoms. The summed E-state index contributed by atoms with van der Waals surface area (Å²) in [6, 6.07) is 0.705. The largest absolute Gasteiger partial charge is 0.352 e. The Morgan fingerprint density at radius 2 is 1.94 bits per heavy atom. The van der Waals surface area contributed by atoms with Crippen LogP contribution >= 0.6 is 11.6 Å². The SMILES string of the molecule is Cc1c(Cl)nnc(N2CCN3CCCC3C2)c1C. The van der Waals surface area contributed by atoms with E-state index in [2.05, 4.69) is 26.9 Å². The fourth-order valence-corrected chi connectivity index (χ4v) is 3.23. The van der Waals surface area contributed by atoms with Gasteiger partial charge in [0.2, 0.25) is 0 Å². The predicted octanol–water partition coefficient (Wildman–Crippen LogP) is 2.03. The molecule has 18 heavy (non-hydrogen) atoms. The average molecular weight is 267 g/mol. The van der Waals surface area contributed by atoms with Crippen LogP contribution in [0.25, 0.3) is 0 Å². The van der Waals surface area contributed by atoms with Gasteiger partial charge in [-0.25, -0.2) is 0 Å². The van der Waals surface area contributed by atoms with Crippen LogP contribution in [0.3, 0.4) is 0 Å². The van der Waals surface area contributed by atoms with E-state index in [-0.39, 0.29) is 0 Å².